The number of aryl methyl sites for hydroxylation is 1. The van der Waals surface area contributed by atoms with Crippen LogP contribution in [0.4, 0.5) is 5.69 Å². The molecular weight excluding hydrogens is 298 g/mol. The zero-order valence-corrected chi connectivity index (χ0v) is 14.5. The summed E-state index contributed by atoms with van der Waals surface area (Å²) in [6.45, 7) is 6.51. The summed E-state index contributed by atoms with van der Waals surface area (Å²) in [6.07, 6.45) is 0.306. The predicted molar refractivity (Wildman–Crippen MR) is 100 cm³/mol. The normalized spacial score (nSPS) is 11.8. The lowest BCUT2D eigenvalue weighted by atomic mass is 10.0. The molecule has 0 bridgehead atoms. The van der Waals surface area contributed by atoms with E-state index in [9.17, 15) is 4.79 Å². The first kappa shape index (κ1) is 18.0. The number of hydrogen-bond donors (Lipinski definition) is 2. The Bertz CT molecular complexity index is 642. The summed E-state index contributed by atoms with van der Waals surface area (Å²) in [5, 5.41) is 2.97. The van der Waals surface area contributed by atoms with Gasteiger partial charge in [0.15, 0.2) is 0 Å². The number of rotatable bonds is 8. The monoisotopic (exact) mass is 325 g/mol. The summed E-state index contributed by atoms with van der Waals surface area (Å²) in [6, 6.07) is 17.9. The first-order chi connectivity index (χ1) is 11.6. The third-order valence-electron chi connectivity index (χ3n) is 4.09. The fourth-order valence-corrected chi connectivity index (χ4v) is 2.71. The van der Waals surface area contributed by atoms with Gasteiger partial charge in [-0.3, -0.25) is 4.79 Å². The number of amides is 1. The second-order valence-corrected chi connectivity index (χ2v) is 5.99. The molecule has 3 N–H and O–H groups in total. The van der Waals surface area contributed by atoms with Crippen molar-refractivity contribution in [2.45, 2.75) is 26.3 Å². The molecule has 4 heteroatoms. The first-order valence-electron chi connectivity index (χ1n) is 8.49. The van der Waals surface area contributed by atoms with Gasteiger partial charge in [0.2, 0.25) is 5.91 Å². The molecule has 0 saturated heterocycles. The van der Waals surface area contributed by atoms with Crippen molar-refractivity contribution in [2.24, 2.45) is 5.73 Å². The standard InChI is InChI=1S/C20H27N3O/c1-3-23(18-11-7-8-16(2)14-18)13-12-22-20(24)15-19(21)17-9-5-4-6-10-17/h4-11,14,19H,3,12-13,15,21H2,1-2H3,(H,22,24). The molecule has 0 spiro atoms. The summed E-state index contributed by atoms with van der Waals surface area (Å²) in [5.41, 5.74) is 9.51. The molecule has 0 aliphatic heterocycles. The van der Waals surface area contributed by atoms with Crippen LogP contribution in [0.5, 0.6) is 0 Å². The molecule has 1 atom stereocenters. The molecule has 0 saturated carbocycles. The van der Waals surface area contributed by atoms with Gasteiger partial charge in [-0.2, -0.15) is 0 Å². The Labute approximate surface area is 144 Å². The molecule has 128 valence electrons. The van der Waals surface area contributed by atoms with Gasteiger partial charge in [-0.15, -0.1) is 0 Å². The fourth-order valence-electron chi connectivity index (χ4n) is 2.71. The van der Waals surface area contributed by atoms with Crippen LogP contribution >= 0.6 is 0 Å². The van der Waals surface area contributed by atoms with E-state index in [1.54, 1.807) is 0 Å². The first-order valence-corrected chi connectivity index (χ1v) is 8.49. The molecular formula is C20H27N3O. The zero-order valence-electron chi connectivity index (χ0n) is 14.5. The van der Waals surface area contributed by atoms with Gasteiger partial charge in [-0.1, -0.05) is 42.5 Å². The van der Waals surface area contributed by atoms with Gasteiger partial charge in [0.1, 0.15) is 0 Å². The number of hydrogen-bond acceptors (Lipinski definition) is 3. The Morgan fingerprint density at radius 1 is 1.17 bits per heavy atom. The molecule has 0 aliphatic carbocycles. The quantitative estimate of drug-likeness (QED) is 0.784. The minimum Gasteiger partial charge on any atom is -0.370 e. The van der Waals surface area contributed by atoms with Crippen LogP contribution in [0.25, 0.3) is 0 Å². The number of nitrogens with zero attached hydrogens (tertiary/aromatic N) is 1. The molecule has 0 fully saturated rings. The Kier molecular flexibility index (Phi) is 6.82. The third kappa shape index (κ3) is 5.39. The Hall–Kier alpha value is -2.33. The molecule has 0 aromatic heterocycles. The Morgan fingerprint density at radius 2 is 1.92 bits per heavy atom. The zero-order chi connectivity index (χ0) is 17.4. The van der Waals surface area contributed by atoms with E-state index in [1.165, 1.54) is 11.3 Å². The van der Waals surface area contributed by atoms with Gasteiger partial charge < -0.3 is 16.0 Å². The van der Waals surface area contributed by atoms with Crippen molar-refractivity contribution in [1.82, 2.24) is 5.32 Å². The minimum atomic E-state index is -0.259. The smallest absolute Gasteiger partial charge is 0.221 e. The van der Waals surface area contributed by atoms with E-state index in [4.69, 9.17) is 5.73 Å². The highest BCUT2D eigenvalue weighted by atomic mass is 16.1. The maximum Gasteiger partial charge on any atom is 0.221 e. The van der Waals surface area contributed by atoms with E-state index in [0.29, 0.717) is 13.0 Å². The van der Waals surface area contributed by atoms with Crippen molar-refractivity contribution in [3.05, 3.63) is 65.7 Å². The van der Waals surface area contributed by atoms with Crippen LogP contribution in [0.15, 0.2) is 54.6 Å². The molecule has 4 nitrogen and oxygen atoms in total. The predicted octanol–water partition coefficient (Wildman–Crippen LogP) is 3.03. The van der Waals surface area contributed by atoms with Gasteiger partial charge in [0.05, 0.1) is 0 Å². The van der Waals surface area contributed by atoms with E-state index in [2.05, 4.69) is 48.3 Å². The Morgan fingerprint density at radius 3 is 2.58 bits per heavy atom. The van der Waals surface area contributed by atoms with Crippen molar-refractivity contribution in [1.29, 1.82) is 0 Å². The molecule has 1 unspecified atom stereocenters. The molecule has 2 aromatic carbocycles. The summed E-state index contributed by atoms with van der Waals surface area (Å²) < 4.78 is 0. The second-order valence-electron chi connectivity index (χ2n) is 5.99. The minimum absolute atomic E-state index is 0.00773. The molecule has 1 amide bonds. The molecule has 2 rings (SSSR count). The van der Waals surface area contributed by atoms with Gasteiger partial charge >= 0.3 is 0 Å². The molecule has 0 aliphatic rings. The van der Waals surface area contributed by atoms with Crippen molar-refractivity contribution in [3.63, 3.8) is 0 Å². The van der Waals surface area contributed by atoms with Gasteiger partial charge in [-0.05, 0) is 37.1 Å². The van der Waals surface area contributed by atoms with E-state index < -0.39 is 0 Å². The topological polar surface area (TPSA) is 58.4 Å². The number of carbonyl (C=O) groups is 1. The summed E-state index contributed by atoms with van der Waals surface area (Å²) >= 11 is 0. The van der Waals surface area contributed by atoms with Crippen LogP contribution < -0.4 is 16.0 Å². The van der Waals surface area contributed by atoms with Crippen LogP contribution in [-0.4, -0.2) is 25.5 Å². The van der Waals surface area contributed by atoms with Crippen molar-refractivity contribution >= 4 is 11.6 Å². The van der Waals surface area contributed by atoms with Crippen molar-refractivity contribution < 1.29 is 4.79 Å². The lowest BCUT2D eigenvalue weighted by Crippen LogP contribution is -2.36. The fraction of sp³-hybridized carbons (Fsp3) is 0.350. The average Bonchev–Trinajstić information content (AvgIpc) is 2.59. The summed E-state index contributed by atoms with van der Waals surface area (Å²) in [4.78, 5) is 14.3. The molecule has 0 radical (unpaired) electrons. The van der Waals surface area contributed by atoms with Gasteiger partial charge in [-0.25, -0.2) is 0 Å². The van der Waals surface area contributed by atoms with Crippen LogP contribution in [0.3, 0.4) is 0 Å². The van der Waals surface area contributed by atoms with Crippen LogP contribution in [0.2, 0.25) is 0 Å². The summed E-state index contributed by atoms with van der Waals surface area (Å²) in [7, 11) is 0. The highest BCUT2D eigenvalue weighted by molar-refractivity contribution is 5.76. The number of nitrogens with one attached hydrogen (secondary N) is 1. The number of nitrogens with two attached hydrogens (primary N) is 1. The summed E-state index contributed by atoms with van der Waals surface area (Å²) in [5.74, 6) is -0.00773. The van der Waals surface area contributed by atoms with Gasteiger partial charge in [0.25, 0.3) is 0 Å². The van der Waals surface area contributed by atoms with Crippen molar-refractivity contribution in [3.8, 4) is 0 Å². The van der Waals surface area contributed by atoms with Crippen LogP contribution in [-0.2, 0) is 4.79 Å². The maximum absolute atomic E-state index is 12.1. The van der Waals surface area contributed by atoms with Crippen LogP contribution in [0.1, 0.15) is 30.5 Å². The SMILES string of the molecule is CCN(CCNC(=O)CC(N)c1ccccc1)c1cccc(C)c1. The lowest BCUT2D eigenvalue weighted by molar-refractivity contribution is -0.121. The van der Waals surface area contributed by atoms with Crippen LogP contribution in [0, 0.1) is 6.92 Å². The average molecular weight is 325 g/mol. The van der Waals surface area contributed by atoms with E-state index >= 15 is 0 Å². The lowest BCUT2D eigenvalue weighted by Gasteiger charge is -2.24. The van der Waals surface area contributed by atoms with Crippen molar-refractivity contribution in [2.75, 3.05) is 24.5 Å². The number of benzene rings is 2. The number of anilines is 1. The second kappa shape index (κ2) is 9.08. The highest BCUT2D eigenvalue weighted by Gasteiger charge is 2.11. The molecule has 24 heavy (non-hydrogen) atoms. The van der Waals surface area contributed by atoms with Gasteiger partial charge in [0, 0.05) is 37.8 Å². The Balaban J connectivity index is 1.79. The maximum atomic E-state index is 12.1. The number of likely N-dealkylation sites (N-methyl/N-ethyl adjacent to an activating group) is 1. The third-order valence-corrected chi connectivity index (χ3v) is 4.09. The van der Waals surface area contributed by atoms with E-state index in [-0.39, 0.29) is 11.9 Å². The molecule has 2 aromatic rings. The number of carbonyl (C=O) groups excluding carboxylic acids is 1. The largest absolute Gasteiger partial charge is 0.370 e. The molecule has 0 heterocycles. The van der Waals surface area contributed by atoms with E-state index in [0.717, 1.165) is 18.7 Å². The van der Waals surface area contributed by atoms with E-state index in [1.807, 2.05) is 30.3 Å². The highest BCUT2D eigenvalue weighted by Crippen LogP contribution is 2.15.